The molecule has 0 aliphatic carbocycles. The summed E-state index contributed by atoms with van der Waals surface area (Å²) in [5.74, 6) is -0.0584. The molecule has 0 saturated carbocycles. The minimum absolute atomic E-state index is 0.217. The molecule has 42 heavy (non-hydrogen) atoms. The standard InChI is InChI=1S/C32H34ClFN8/c33-26-4-1-3-25-24-9-13-36-19-28(24)41(30(25)26)16-2-15-40-17-11-23(12-18-40)42-20-38-29(21-5-7-22(34)8-6-21)31(42)27-10-14-37-32(35)39-27/h1,3-8,10,14,20,23,36H,2,9,11-13,15-19H2,(H2,35,37,39). The number of nitrogen functional groups attached to an aromatic ring is 1. The number of rotatable bonds is 7. The van der Waals surface area contributed by atoms with Crippen molar-refractivity contribution < 1.29 is 4.39 Å². The molecule has 2 aromatic carbocycles. The normalized spacial score (nSPS) is 16.2. The van der Waals surface area contributed by atoms with Gasteiger partial charge in [0.1, 0.15) is 5.82 Å². The van der Waals surface area contributed by atoms with Crippen molar-refractivity contribution in [2.75, 3.05) is 31.9 Å². The molecule has 0 atom stereocenters. The summed E-state index contributed by atoms with van der Waals surface area (Å²) in [5, 5.41) is 5.69. The molecule has 0 amide bonds. The zero-order valence-corrected chi connectivity index (χ0v) is 24.2. The Morgan fingerprint density at radius 1 is 1.02 bits per heavy atom. The maximum absolute atomic E-state index is 13.7. The molecule has 1 fully saturated rings. The van der Waals surface area contributed by atoms with E-state index < -0.39 is 0 Å². The quantitative estimate of drug-likeness (QED) is 0.255. The van der Waals surface area contributed by atoms with E-state index in [2.05, 4.69) is 41.5 Å². The number of likely N-dealkylation sites (tertiary alicyclic amines) is 1. The van der Waals surface area contributed by atoms with E-state index in [-0.39, 0.29) is 17.8 Å². The number of para-hydroxylation sites is 1. The third kappa shape index (κ3) is 5.06. The van der Waals surface area contributed by atoms with Crippen LogP contribution in [0.3, 0.4) is 0 Å². The minimum atomic E-state index is -0.275. The van der Waals surface area contributed by atoms with Crippen molar-refractivity contribution >= 4 is 28.5 Å². The first kappa shape index (κ1) is 27.1. The lowest BCUT2D eigenvalue weighted by Gasteiger charge is -2.33. The van der Waals surface area contributed by atoms with Crippen LogP contribution in [0.25, 0.3) is 33.5 Å². The zero-order valence-electron chi connectivity index (χ0n) is 23.4. The summed E-state index contributed by atoms with van der Waals surface area (Å²) in [4.78, 5) is 15.9. The van der Waals surface area contributed by atoms with Gasteiger partial charge in [-0.2, -0.15) is 0 Å². The van der Waals surface area contributed by atoms with Crippen LogP contribution < -0.4 is 11.1 Å². The molecule has 0 spiro atoms. The van der Waals surface area contributed by atoms with E-state index in [1.807, 2.05) is 18.5 Å². The van der Waals surface area contributed by atoms with Gasteiger partial charge in [0, 0.05) is 55.1 Å². The molecule has 7 rings (SSSR count). The van der Waals surface area contributed by atoms with Crippen LogP contribution in [0.5, 0.6) is 0 Å². The second-order valence-corrected chi connectivity index (χ2v) is 11.6. The second-order valence-electron chi connectivity index (χ2n) is 11.2. The summed E-state index contributed by atoms with van der Waals surface area (Å²) in [6.45, 7) is 5.93. The van der Waals surface area contributed by atoms with Gasteiger partial charge < -0.3 is 25.1 Å². The Morgan fingerprint density at radius 3 is 2.67 bits per heavy atom. The van der Waals surface area contributed by atoms with Crippen LogP contribution in [0, 0.1) is 5.82 Å². The summed E-state index contributed by atoms with van der Waals surface area (Å²) in [7, 11) is 0. The van der Waals surface area contributed by atoms with Crippen molar-refractivity contribution in [2.24, 2.45) is 0 Å². The number of nitrogens with zero attached hydrogens (tertiary/aromatic N) is 6. The first-order valence-corrected chi connectivity index (χ1v) is 15.1. The van der Waals surface area contributed by atoms with Crippen LogP contribution in [-0.2, 0) is 19.5 Å². The van der Waals surface area contributed by atoms with Crippen LogP contribution in [0.1, 0.15) is 36.6 Å². The molecular formula is C32H34ClFN8. The molecule has 2 aliphatic heterocycles. The number of hydrogen-bond donors (Lipinski definition) is 2. The van der Waals surface area contributed by atoms with Crippen molar-refractivity contribution in [1.29, 1.82) is 0 Å². The fourth-order valence-electron chi connectivity index (χ4n) is 6.72. The number of aromatic nitrogens is 5. The highest BCUT2D eigenvalue weighted by Crippen LogP contribution is 2.36. The fraction of sp³-hybridized carbons (Fsp3) is 0.344. The number of nitrogens with one attached hydrogen (secondary N) is 1. The minimum Gasteiger partial charge on any atom is -0.368 e. The molecule has 216 valence electrons. The molecule has 5 aromatic rings. The van der Waals surface area contributed by atoms with Crippen LogP contribution >= 0.6 is 11.6 Å². The van der Waals surface area contributed by atoms with Gasteiger partial charge in [0.05, 0.1) is 33.9 Å². The van der Waals surface area contributed by atoms with Crippen LogP contribution in [0.4, 0.5) is 10.3 Å². The summed E-state index contributed by atoms with van der Waals surface area (Å²) in [6, 6.07) is 14.9. The molecule has 3 aromatic heterocycles. The number of hydrogen-bond acceptors (Lipinski definition) is 6. The molecule has 0 bridgehead atoms. The molecule has 1 saturated heterocycles. The van der Waals surface area contributed by atoms with Crippen molar-refractivity contribution in [3.8, 4) is 22.6 Å². The number of nitrogens with two attached hydrogens (primary N) is 1. The second kappa shape index (κ2) is 11.5. The zero-order chi connectivity index (χ0) is 28.6. The van der Waals surface area contributed by atoms with Gasteiger partial charge in [0.15, 0.2) is 0 Å². The highest BCUT2D eigenvalue weighted by atomic mass is 35.5. The predicted molar refractivity (Wildman–Crippen MR) is 165 cm³/mol. The summed E-state index contributed by atoms with van der Waals surface area (Å²) < 4.78 is 18.3. The van der Waals surface area contributed by atoms with E-state index in [9.17, 15) is 4.39 Å². The number of anilines is 1. The molecule has 2 aliphatic rings. The number of aryl methyl sites for hydroxylation is 1. The van der Waals surface area contributed by atoms with Crippen molar-refractivity contribution in [2.45, 2.75) is 44.8 Å². The van der Waals surface area contributed by atoms with Gasteiger partial charge in [-0.1, -0.05) is 23.7 Å². The maximum Gasteiger partial charge on any atom is 0.220 e. The van der Waals surface area contributed by atoms with E-state index in [1.165, 1.54) is 34.3 Å². The van der Waals surface area contributed by atoms with E-state index in [0.717, 1.165) is 92.6 Å². The Kier molecular flexibility index (Phi) is 7.39. The van der Waals surface area contributed by atoms with Crippen LogP contribution in [0.2, 0.25) is 5.02 Å². The van der Waals surface area contributed by atoms with Gasteiger partial charge in [0.2, 0.25) is 5.95 Å². The molecule has 3 N–H and O–H groups in total. The molecule has 5 heterocycles. The lowest BCUT2D eigenvalue weighted by atomic mass is 10.0. The molecular weight excluding hydrogens is 551 g/mol. The van der Waals surface area contributed by atoms with Crippen LogP contribution in [-0.4, -0.2) is 55.2 Å². The van der Waals surface area contributed by atoms with E-state index >= 15 is 0 Å². The Hall–Kier alpha value is -3.79. The average Bonchev–Trinajstić information content (AvgIpc) is 3.59. The van der Waals surface area contributed by atoms with Gasteiger partial charge in [-0.05, 0) is 80.7 Å². The third-order valence-corrected chi connectivity index (χ3v) is 9.04. The smallest absolute Gasteiger partial charge is 0.220 e. The Bertz CT molecular complexity index is 1720. The lowest BCUT2D eigenvalue weighted by molar-refractivity contribution is 0.183. The highest BCUT2D eigenvalue weighted by molar-refractivity contribution is 6.35. The Labute approximate surface area is 249 Å². The summed E-state index contributed by atoms with van der Waals surface area (Å²) in [6.07, 6.45) is 7.69. The summed E-state index contributed by atoms with van der Waals surface area (Å²) in [5.41, 5.74) is 13.2. The summed E-state index contributed by atoms with van der Waals surface area (Å²) >= 11 is 6.71. The monoisotopic (exact) mass is 584 g/mol. The molecule has 0 radical (unpaired) electrons. The van der Waals surface area contributed by atoms with E-state index in [4.69, 9.17) is 22.3 Å². The number of halogens is 2. The van der Waals surface area contributed by atoms with Gasteiger partial charge in [-0.15, -0.1) is 0 Å². The highest BCUT2D eigenvalue weighted by Gasteiger charge is 2.26. The topological polar surface area (TPSA) is 89.8 Å². The largest absolute Gasteiger partial charge is 0.368 e. The Morgan fingerprint density at radius 2 is 1.86 bits per heavy atom. The number of benzene rings is 2. The third-order valence-electron chi connectivity index (χ3n) is 8.73. The van der Waals surface area contributed by atoms with Crippen LogP contribution in [0.15, 0.2) is 61.1 Å². The van der Waals surface area contributed by atoms with Gasteiger partial charge in [0.25, 0.3) is 0 Å². The van der Waals surface area contributed by atoms with Gasteiger partial charge in [-0.3, -0.25) is 0 Å². The fourth-order valence-corrected chi connectivity index (χ4v) is 7.00. The molecule has 10 heteroatoms. The number of piperidine rings is 1. The predicted octanol–water partition coefficient (Wildman–Crippen LogP) is 5.71. The number of fused-ring (bicyclic) bond motifs is 3. The van der Waals surface area contributed by atoms with Crippen molar-refractivity contribution in [1.82, 2.24) is 34.3 Å². The first-order valence-electron chi connectivity index (χ1n) is 14.7. The van der Waals surface area contributed by atoms with Crippen molar-refractivity contribution in [3.05, 3.63) is 83.2 Å². The van der Waals surface area contributed by atoms with E-state index in [1.54, 1.807) is 18.3 Å². The van der Waals surface area contributed by atoms with E-state index in [0.29, 0.717) is 0 Å². The lowest BCUT2D eigenvalue weighted by Crippen LogP contribution is -2.35. The first-order chi connectivity index (χ1) is 20.6. The number of imidazole rings is 1. The van der Waals surface area contributed by atoms with Gasteiger partial charge in [-0.25, -0.2) is 19.3 Å². The SMILES string of the molecule is Nc1nccc(-c2c(-c3ccc(F)cc3)ncn2C2CCN(CCCn3c4c(c5cccc(Cl)c53)CCNC4)CC2)n1. The molecule has 0 unspecified atom stereocenters. The Balaban J connectivity index is 1.06. The van der Waals surface area contributed by atoms with Gasteiger partial charge >= 0.3 is 0 Å². The maximum atomic E-state index is 13.7. The van der Waals surface area contributed by atoms with Crippen molar-refractivity contribution in [3.63, 3.8) is 0 Å². The average molecular weight is 585 g/mol. The molecule has 8 nitrogen and oxygen atoms in total.